The number of nitrogens with one attached hydrogen (secondary N) is 1. The first-order chi connectivity index (χ1) is 8.40. The summed E-state index contributed by atoms with van der Waals surface area (Å²) in [6.45, 7) is 6.66. The summed E-state index contributed by atoms with van der Waals surface area (Å²) >= 11 is 0. The Bertz CT molecular complexity index is 281. The number of amides is 1. The van der Waals surface area contributed by atoms with E-state index in [1.165, 1.54) is 6.42 Å². The average molecular weight is 256 g/mol. The van der Waals surface area contributed by atoms with Crippen molar-refractivity contribution in [1.82, 2.24) is 10.2 Å². The molecule has 0 spiro atoms. The molecule has 0 bridgehead atoms. The van der Waals surface area contributed by atoms with Crippen LogP contribution < -0.4 is 5.32 Å². The Morgan fingerprint density at radius 1 is 1.56 bits per heavy atom. The van der Waals surface area contributed by atoms with E-state index in [1.807, 2.05) is 20.9 Å². The van der Waals surface area contributed by atoms with Crippen LogP contribution in [0.4, 0.5) is 0 Å². The van der Waals surface area contributed by atoms with Gasteiger partial charge in [0.05, 0.1) is 13.2 Å². The van der Waals surface area contributed by atoms with Gasteiger partial charge in [-0.1, -0.05) is 19.8 Å². The first-order valence-corrected chi connectivity index (χ1v) is 7.02. The van der Waals surface area contributed by atoms with Gasteiger partial charge in [-0.05, 0) is 32.6 Å². The first kappa shape index (κ1) is 15.4. The third-order valence-corrected chi connectivity index (χ3v) is 4.18. The van der Waals surface area contributed by atoms with Crippen molar-refractivity contribution < 1.29 is 9.90 Å². The van der Waals surface area contributed by atoms with E-state index in [4.69, 9.17) is 0 Å². The van der Waals surface area contributed by atoms with Crippen LogP contribution in [-0.2, 0) is 4.79 Å². The molecule has 4 heteroatoms. The number of nitrogens with zero attached hydrogens (tertiary/aromatic N) is 1. The molecule has 1 amide bonds. The van der Waals surface area contributed by atoms with E-state index in [1.54, 1.807) is 4.90 Å². The van der Waals surface area contributed by atoms with E-state index in [0.29, 0.717) is 12.5 Å². The molecule has 1 fully saturated rings. The fourth-order valence-electron chi connectivity index (χ4n) is 2.70. The molecule has 0 aliphatic heterocycles. The van der Waals surface area contributed by atoms with Crippen molar-refractivity contribution in [2.24, 2.45) is 5.92 Å². The maximum absolute atomic E-state index is 11.9. The molecule has 0 aromatic rings. The number of hydrogen-bond donors (Lipinski definition) is 2. The molecule has 2 atom stereocenters. The lowest BCUT2D eigenvalue weighted by atomic mass is 9.77. The summed E-state index contributed by atoms with van der Waals surface area (Å²) < 4.78 is 0. The zero-order chi connectivity index (χ0) is 13.8. The summed E-state index contributed by atoms with van der Waals surface area (Å²) in [5, 5.41) is 12.9. The molecule has 0 aromatic heterocycles. The maximum Gasteiger partial charge on any atom is 0.236 e. The van der Waals surface area contributed by atoms with Crippen molar-refractivity contribution in [2.45, 2.75) is 58.0 Å². The SMILES string of the molecule is CC1CCCC(CO)(NCC(=O)N(C)C(C)C)C1. The van der Waals surface area contributed by atoms with Crippen LogP contribution in [0.5, 0.6) is 0 Å². The summed E-state index contributed by atoms with van der Waals surface area (Å²) in [7, 11) is 1.82. The number of carbonyl (C=O) groups excluding carboxylic acids is 1. The molecule has 0 radical (unpaired) electrons. The minimum Gasteiger partial charge on any atom is -0.394 e. The van der Waals surface area contributed by atoms with E-state index in [0.717, 1.165) is 19.3 Å². The standard InChI is InChI=1S/C14H28N2O2/c1-11(2)16(4)13(18)9-15-14(10-17)7-5-6-12(3)8-14/h11-12,15,17H,5-10H2,1-4H3. The minimum absolute atomic E-state index is 0.0936. The molecule has 1 rings (SSSR count). The zero-order valence-electron chi connectivity index (χ0n) is 12.2. The highest BCUT2D eigenvalue weighted by atomic mass is 16.3. The lowest BCUT2D eigenvalue weighted by Gasteiger charge is -2.40. The van der Waals surface area contributed by atoms with Crippen LogP contribution in [0.25, 0.3) is 0 Å². The van der Waals surface area contributed by atoms with Crippen LogP contribution in [0.1, 0.15) is 46.5 Å². The van der Waals surface area contributed by atoms with Crippen molar-refractivity contribution in [3.8, 4) is 0 Å². The summed E-state index contributed by atoms with van der Waals surface area (Å²) in [6.07, 6.45) is 4.28. The van der Waals surface area contributed by atoms with Gasteiger partial charge in [0.15, 0.2) is 0 Å². The second-order valence-electron chi connectivity index (χ2n) is 6.09. The van der Waals surface area contributed by atoms with Crippen LogP contribution in [-0.4, -0.2) is 47.7 Å². The van der Waals surface area contributed by atoms with E-state index < -0.39 is 0 Å². The van der Waals surface area contributed by atoms with Crippen LogP contribution >= 0.6 is 0 Å². The van der Waals surface area contributed by atoms with Gasteiger partial charge in [-0.2, -0.15) is 0 Å². The Morgan fingerprint density at radius 2 is 2.22 bits per heavy atom. The molecule has 18 heavy (non-hydrogen) atoms. The van der Waals surface area contributed by atoms with Gasteiger partial charge in [-0.25, -0.2) is 0 Å². The first-order valence-electron chi connectivity index (χ1n) is 7.02. The average Bonchev–Trinajstić information content (AvgIpc) is 2.35. The van der Waals surface area contributed by atoms with E-state index in [-0.39, 0.29) is 24.1 Å². The topological polar surface area (TPSA) is 52.6 Å². The Hall–Kier alpha value is -0.610. The smallest absolute Gasteiger partial charge is 0.236 e. The summed E-state index contributed by atoms with van der Waals surface area (Å²) in [6, 6.07) is 0.217. The van der Waals surface area contributed by atoms with Gasteiger partial charge >= 0.3 is 0 Å². The van der Waals surface area contributed by atoms with Crippen molar-refractivity contribution in [3.63, 3.8) is 0 Å². The monoisotopic (exact) mass is 256 g/mol. The molecular formula is C14H28N2O2. The number of rotatable bonds is 5. The van der Waals surface area contributed by atoms with Gasteiger partial charge in [0.25, 0.3) is 0 Å². The molecular weight excluding hydrogens is 228 g/mol. The van der Waals surface area contributed by atoms with Gasteiger partial charge < -0.3 is 15.3 Å². The minimum atomic E-state index is -0.245. The number of hydrogen-bond acceptors (Lipinski definition) is 3. The van der Waals surface area contributed by atoms with Crippen LogP contribution in [0.3, 0.4) is 0 Å². The highest BCUT2D eigenvalue weighted by Crippen LogP contribution is 2.31. The lowest BCUT2D eigenvalue weighted by molar-refractivity contribution is -0.131. The molecule has 1 aliphatic rings. The molecule has 4 nitrogen and oxygen atoms in total. The van der Waals surface area contributed by atoms with Crippen LogP contribution in [0.15, 0.2) is 0 Å². The molecule has 106 valence electrons. The third-order valence-electron chi connectivity index (χ3n) is 4.18. The van der Waals surface area contributed by atoms with Gasteiger partial charge in [-0.15, -0.1) is 0 Å². The molecule has 2 N–H and O–H groups in total. The number of aliphatic hydroxyl groups is 1. The highest BCUT2D eigenvalue weighted by Gasteiger charge is 2.34. The summed E-state index contributed by atoms with van der Waals surface area (Å²) in [5.41, 5.74) is -0.245. The number of aliphatic hydroxyl groups excluding tert-OH is 1. The molecule has 1 saturated carbocycles. The zero-order valence-corrected chi connectivity index (χ0v) is 12.2. The number of carbonyl (C=O) groups is 1. The third kappa shape index (κ3) is 3.95. The number of likely N-dealkylation sites (N-methyl/N-ethyl adjacent to an activating group) is 1. The molecule has 2 unspecified atom stereocenters. The highest BCUT2D eigenvalue weighted by molar-refractivity contribution is 5.78. The molecule has 0 heterocycles. The Kier molecular flexibility index (Phi) is 5.60. The second kappa shape index (κ2) is 6.53. The fraction of sp³-hybridized carbons (Fsp3) is 0.929. The van der Waals surface area contributed by atoms with Crippen molar-refractivity contribution in [3.05, 3.63) is 0 Å². The van der Waals surface area contributed by atoms with Crippen LogP contribution in [0, 0.1) is 5.92 Å². The van der Waals surface area contributed by atoms with Gasteiger partial charge in [0.2, 0.25) is 5.91 Å². The Labute approximate surface area is 111 Å². The van der Waals surface area contributed by atoms with Gasteiger partial charge in [0.1, 0.15) is 0 Å². The van der Waals surface area contributed by atoms with Gasteiger partial charge in [0, 0.05) is 18.6 Å². The molecule has 0 aromatic carbocycles. The van der Waals surface area contributed by atoms with E-state index in [9.17, 15) is 9.90 Å². The summed E-state index contributed by atoms with van der Waals surface area (Å²) in [4.78, 5) is 13.7. The lowest BCUT2D eigenvalue weighted by Crippen LogP contribution is -2.54. The predicted octanol–water partition coefficient (Wildman–Crippen LogP) is 1.38. The second-order valence-corrected chi connectivity index (χ2v) is 6.09. The van der Waals surface area contributed by atoms with Crippen molar-refractivity contribution >= 4 is 5.91 Å². The normalized spacial score (nSPS) is 28.4. The Morgan fingerprint density at radius 3 is 2.72 bits per heavy atom. The molecule has 0 saturated heterocycles. The predicted molar refractivity (Wildman–Crippen MR) is 73.4 cm³/mol. The summed E-state index contributed by atoms with van der Waals surface area (Å²) in [5.74, 6) is 0.715. The van der Waals surface area contributed by atoms with E-state index in [2.05, 4.69) is 12.2 Å². The van der Waals surface area contributed by atoms with Crippen LogP contribution in [0.2, 0.25) is 0 Å². The fourth-order valence-corrected chi connectivity index (χ4v) is 2.70. The maximum atomic E-state index is 11.9. The van der Waals surface area contributed by atoms with Crippen molar-refractivity contribution in [2.75, 3.05) is 20.2 Å². The van der Waals surface area contributed by atoms with Gasteiger partial charge in [-0.3, -0.25) is 4.79 Å². The van der Waals surface area contributed by atoms with Crippen molar-refractivity contribution in [1.29, 1.82) is 0 Å². The largest absolute Gasteiger partial charge is 0.394 e. The quantitative estimate of drug-likeness (QED) is 0.781. The van der Waals surface area contributed by atoms with E-state index >= 15 is 0 Å². The Balaban J connectivity index is 2.51. The molecule has 1 aliphatic carbocycles.